The van der Waals surface area contributed by atoms with E-state index in [1.807, 2.05) is 58.0 Å². The second-order valence-corrected chi connectivity index (χ2v) is 9.63. The first-order valence-corrected chi connectivity index (χ1v) is 12.3. The monoisotopic (exact) mass is 478 g/mol. The largest absolute Gasteiger partial charge is 0.382 e. The molecule has 35 heavy (non-hydrogen) atoms. The molecule has 0 radical (unpaired) electrons. The van der Waals surface area contributed by atoms with E-state index < -0.39 is 0 Å². The SMILES string of the molecule is CCC1CC(Nc2cc(C#CCN(C)C)cc(C(=O)NCc3c(C)cc(C)[nH]c3=O)c2C)CCO1. The molecule has 1 saturated heterocycles. The molecule has 3 N–H and O–H groups in total. The van der Waals surface area contributed by atoms with E-state index in [2.05, 4.69) is 34.4 Å². The van der Waals surface area contributed by atoms with Crippen LogP contribution in [0.1, 0.15) is 64.5 Å². The van der Waals surface area contributed by atoms with E-state index in [1.165, 1.54) is 0 Å². The van der Waals surface area contributed by atoms with Gasteiger partial charge >= 0.3 is 0 Å². The molecule has 2 unspecified atom stereocenters. The lowest BCUT2D eigenvalue weighted by Gasteiger charge is -2.31. The number of hydrogen-bond acceptors (Lipinski definition) is 5. The van der Waals surface area contributed by atoms with Gasteiger partial charge in [0.1, 0.15) is 0 Å². The molecule has 1 aromatic heterocycles. The number of aryl methyl sites for hydroxylation is 2. The molecule has 0 bridgehead atoms. The summed E-state index contributed by atoms with van der Waals surface area (Å²) >= 11 is 0. The zero-order valence-corrected chi connectivity index (χ0v) is 21.8. The van der Waals surface area contributed by atoms with Crippen molar-refractivity contribution in [2.75, 3.05) is 32.6 Å². The van der Waals surface area contributed by atoms with Crippen molar-refractivity contribution >= 4 is 11.6 Å². The van der Waals surface area contributed by atoms with Gasteiger partial charge in [0, 0.05) is 47.3 Å². The van der Waals surface area contributed by atoms with Crippen LogP contribution in [0.5, 0.6) is 0 Å². The predicted molar refractivity (Wildman–Crippen MR) is 141 cm³/mol. The van der Waals surface area contributed by atoms with Crippen molar-refractivity contribution in [3.63, 3.8) is 0 Å². The molecule has 1 aliphatic heterocycles. The van der Waals surface area contributed by atoms with Gasteiger partial charge in [0.05, 0.1) is 12.6 Å². The van der Waals surface area contributed by atoms with Crippen LogP contribution in [-0.4, -0.2) is 55.2 Å². The summed E-state index contributed by atoms with van der Waals surface area (Å²) in [4.78, 5) is 30.5. The highest BCUT2D eigenvalue weighted by molar-refractivity contribution is 5.97. The van der Waals surface area contributed by atoms with Crippen LogP contribution < -0.4 is 16.2 Å². The third-order valence-corrected chi connectivity index (χ3v) is 6.38. The Hall–Kier alpha value is -3.08. The average Bonchev–Trinajstić information content (AvgIpc) is 2.80. The number of aromatic amines is 1. The number of benzene rings is 1. The van der Waals surface area contributed by atoms with E-state index in [0.29, 0.717) is 17.7 Å². The molecule has 3 rings (SSSR count). The molecular formula is C28H38N4O3. The first kappa shape index (κ1) is 26.5. The first-order chi connectivity index (χ1) is 16.7. The van der Waals surface area contributed by atoms with Gasteiger partial charge in [0.15, 0.2) is 0 Å². The molecule has 2 atom stereocenters. The number of nitrogens with one attached hydrogen (secondary N) is 3. The van der Waals surface area contributed by atoms with Crippen molar-refractivity contribution in [2.45, 2.75) is 65.6 Å². The number of carbonyl (C=O) groups excluding carboxylic acids is 1. The molecule has 2 aromatic rings. The van der Waals surface area contributed by atoms with Crippen molar-refractivity contribution in [1.82, 2.24) is 15.2 Å². The van der Waals surface area contributed by atoms with E-state index >= 15 is 0 Å². The van der Waals surface area contributed by atoms with Crippen molar-refractivity contribution in [3.8, 4) is 11.8 Å². The summed E-state index contributed by atoms with van der Waals surface area (Å²) in [5.41, 5.74) is 5.19. The molecule has 7 heteroatoms. The fraction of sp³-hybridized carbons (Fsp3) is 0.500. The molecule has 2 heterocycles. The fourth-order valence-corrected chi connectivity index (χ4v) is 4.35. The Morgan fingerprint density at radius 1 is 1.23 bits per heavy atom. The Balaban J connectivity index is 1.88. The molecule has 1 aliphatic rings. The van der Waals surface area contributed by atoms with Crippen LogP contribution in [0, 0.1) is 32.6 Å². The molecule has 0 aliphatic carbocycles. The molecule has 1 aromatic carbocycles. The minimum atomic E-state index is -0.223. The summed E-state index contributed by atoms with van der Waals surface area (Å²) in [6.07, 6.45) is 3.09. The molecule has 7 nitrogen and oxygen atoms in total. The molecule has 1 amide bonds. The Kier molecular flexibility index (Phi) is 9.13. The molecule has 0 spiro atoms. The van der Waals surface area contributed by atoms with Crippen molar-refractivity contribution in [1.29, 1.82) is 0 Å². The summed E-state index contributed by atoms with van der Waals surface area (Å²) in [6.45, 7) is 9.35. The number of anilines is 1. The highest BCUT2D eigenvalue weighted by Crippen LogP contribution is 2.26. The summed E-state index contributed by atoms with van der Waals surface area (Å²) in [5.74, 6) is 6.14. The topological polar surface area (TPSA) is 86.5 Å². The molecule has 188 valence electrons. The Bertz CT molecular complexity index is 1170. The number of pyridine rings is 1. The standard InChI is InChI=1S/C28H38N4O3/c1-7-23-16-22(10-12-35-23)31-26-15-21(9-8-11-32(5)6)14-24(20(26)4)27(33)29-17-25-18(2)13-19(3)30-28(25)34/h13-15,22-23,31H,7,10-12,16-17H2,1-6H3,(H,29,33)(H,30,34). The Labute approximate surface area is 208 Å². The minimum absolute atomic E-state index is 0.164. The van der Waals surface area contributed by atoms with Gasteiger partial charge in [0.25, 0.3) is 11.5 Å². The Morgan fingerprint density at radius 2 is 2.00 bits per heavy atom. The van der Waals surface area contributed by atoms with Gasteiger partial charge in [-0.25, -0.2) is 0 Å². The number of ether oxygens (including phenoxy) is 1. The van der Waals surface area contributed by atoms with Crippen molar-refractivity contribution in [2.24, 2.45) is 0 Å². The normalized spacial score (nSPS) is 17.6. The number of amides is 1. The van der Waals surface area contributed by atoms with Gasteiger partial charge in [-0.1, -0.05) is 18.8 Å². The minimum Gasteiger partial charge on any atom is -0.382 e. The van der Waals surface area contributed by atoms with Crippen LogP contribution in [0.15, 0.2) is 23.0 Å². The van der Waals surface area contributed by atoms with Crippen LogP contribution in [0.2, 0.25) is 0 Å². The van der Waals surface area contributed by atoms with E-state index in [-0.39, 0.29) is 30.2 Å². The third kappa shape index (κ3) is 7.20. The lowest BCUT2D eigenvalue weighted by atomic mass is 9.98. The predicted octanol–water partition coefficient (Wildman–Crippen LogP) is 3.51. The molecule has 1 fully saturated rings. The van der Waals surface area contributed by atoms with E-state index in [0.717, 1.165) is 53.9 Å². The number of hydrogen-bond donors (Lipinski definition) is 3. The van der Waals surface area contributed by atoms with E-state index in [4.69, 9.17) is 4.74 Å². The summed E-state index contributed by atoms with van der Waals surface area (Å²) in [6, 6.07) is 6.06. The number of carbonyl (C=O) groups is 1. The van der Waals surface area contributed by atoms with Gasteiger partial charge in [-0.2, -0.15) is 0 Å². The van der Waals surface area contributed by atoms with Gasteiger partial charge in [0.2, 0.25) is 0 Å². The summed E-state index contributed by atoms with van der Waals surface area (Å²) < 4.78 is 5.83. The zero-order chi connectivity index (χ0) is 25.5. The summed E-state index contributed by atoms with van der Waals surface area (Å²) in [7, 11) is 3.94. The highest BCUT2D eigenvalue weighted by atomic mass is 16.5. The smallest absolute Gasteiger partial charge is 0.253 e. The van der Waals surface area contributed by atoms with Crippen LogP contribution >= 0.6 is 0 Å². The van der Waals surface area contributed by atoms with Gasteiger partial charge < -0.3 is 20.4 Å². The number of aromatic nitrogens is 1. The number of H-pyrrole nitrogens is 1. The van der Waals surface area contributed by atoms with Crippen LogP contribution in [-0.2, 0) is 11.3 Å². The first-order valence-electron chi connectivity index (χ1n) is 12.3. The van der Waals surface area contributed by atoms with Crippen LogP contribution in [0.3, 0.4) is 0 Å². The lowest BCUT2D eigenvalue weighted by molar-refractivity contribution is 0.00924. The fourth-order valence-electron chi connectivity index (χ4n) is 4.35. The quantitative estimate of drug-likeness (QED) is 0.530. The second-order valence-electron chi connectivity index (χ2n) is 9.63. The van der Waals surface area contributed by atoms with Crippen LogP contribution in [0.25, 0.3) is 0 Å². The maximum absolute atomic E-state index is 13.3. The van der Waals surface area contributed by atoms with Gasteiger partial charge in [-0.15, -0.1) is 0 Å². The highest BCUT2D eigenvalue weighted by Gasteiger charge is 2.23. The van der Waals surface area contributed by atoms with E-state index in [9.17, 15) is 9.59 Å². The molecular weight excluding hydrogens is 440 g/mol. The summed E-state index contributed by atoms with van der Waals surface area (Å²) in [5, 5.41) is 6.60. The molecule has 0 saturated carbocycles. The van der Waals surface area contributed by atoms with Gasteiger partial charge in [-0.3, -0.25) is 14.5 Å². The van der Waals surface area contributed by atoms with Gasteiger partial charge in [-0.05, 0) is 83.5 Å². The maximum atomic E-state index is 13.3. The maximum Gasteiger partial charge on any atom is 0.253 e. The van der Waals surface area contributed by atoms with E-state index in [1.54, 1.807) is 0 Å². The number of rotatable bonds is 7. The zero-order valence-electron chi connectivity index (χ0n) is 21.8. The Morgan fingerprint density at radius 3 is 2.69 bits per heavy atom. The third-order valence-electron chi connectivity index (χ3n) is 6.38. The number of nitrogens with zero attached hydrogens (tertiary/aromatic N) is 1. The second kappa shape index (κ2) is 12.1. The van der Waals surface area contributed by atoms with Crippen LogP contribution in [0.4, 0.5) is 5.69 Å². The van der Waals surface area contributed by atoms with Crippen molar-refractivity contribution in [3.05, 3.63) is 62.1 Å². The lowest BCUT2D eigenvalue weighted by Crippen LogP contribution is -2.34. The van der Waals surface area contributed by atoms with Crippen molar-refractivity contribution < 1.29 is 9.53 Å². The average molecular weight is 479 g/mol.